The van der Waals surface area contributed by atoms with Crippen molar-refractivity contribution in [2.75, 3.05) is 26.3 Å². The Balaban J connectivity index is 1.65. The van der Waals surface area contributed by atoms with Crippen LogP contribution in [-0.4, -0.2) is 44.9 Å². The van der Waals surface area contributed by atoms with E-state index in [0.29, 0.717) is 23.7 Å². The lowest BCUT2D eigenvalue weighted by Crippen LogP contribution is -2.48. The van der Waals surface area contributed by atoms with Crippen molar-refractivity contribution in [3.63, 3.8) is 0 Å². The topological polar surface area (TPSA) is 75.7 Å². The van der Waals surface area contributed by atoms with Crippen LogP contribution < -0.4 is 4.72 Å². The molecule has 0 radical (unpaired) electrons. The lowest BCUT2D eigenvalue weighted by atomic mass is 10.2. The Bertz CT molecular complexity index is 918. The average molecular weight is 396 g/mol. The molecule has 0 bridgehead atoms. The van der Waals surface area contributed by atoms with Gasteiger partial charge in [-0.25, -0.2) is 9.11 Å². The lowest BCUT2D eigenvalue weighted by Gasteiger charge is -2.25. The molecule has 1 N–H and O–H groups in total. The van der Waals surface area contributed by atoms with Crippen LogP contribution in [0.15, 0.2) is 42.5 Å². The quantitative estimate of drug-likeness (QED) is 0.787. The molecule has 2 aromatic rings. The van der Waals surface area contributed by atoms with Gasteiger partial charge in [0.2, 0.25) is 0 Å². The van der Waals surface area contributed by atoms with Crippen molar-refractivity contribution in [2.24, 2.45) is 0 Å². The Kier molecular flexibility index (Phi) is 5.82. The smallest absolute Gasteiger partial charge is 0.304 e. The molecule has 1 aliphatic heterocycles. The van der Waals surface area contributed by atoms with Gasteiger partial charge in [0, 0.05) is 34.5 Å². The number of ether oxygens (including phenoxy) is 1. The number of carbonyl (C=O) groups excluding carboxylic acids is 1. The summed E-state index contributed by atoms with van der Waals surface area (Å²) >= 11 is 1.30. The van der Waals surface area contributed by atoms with Gasteiger partial charge in [-0.2, -0.15) is 12.7 Å². The largest absolute Gasteiger partial charge is 0.379 e. The summed E-state index contributed by atoms with van der Waals surface area (Å²) < 4.78 is 46.3. The number of rotatable bonds is 5. The predicted octanol–water partition coefficient (Wildman–Crippen LogP) is 2.26. The lowest BCUT2D eigenvalue weighted by molar-refractivity contribution is -0.114. The van der Waals surface area contributed by atoms with E-state index in [4.69, 9.17) is 4.74 Å². The molecule has 1 saturated heterocycles. The van der Waals surface area contributed by atoms with E-state index in [2.05, 4.69) is 0 Å². The predicted molar refractivity (Wildman–Crippen MR) is 98.2 cm³/mol. The molecule has 0 saturated carbocycles. The Morgan fingerprint density at radius 3 is 2.65 bits per heavy atom. The minimum Gasteiger partial charge on any atom is -0.379 e. The van der Waals surface area contributed by atoms with Crippen molar-refractivity contribution in [1.82, 2.24) is 9.03 Å². The minimum atomic E-state index is -3.87. The molecule has 1 aliphatic rings. The summed E-state index contributed by atoms with van der Waals surface area (Å²) in [5.41, 5.74) is 0.483. The van der Waals surface area contributed by atoms with Crippen LogP contribution in [0.1, 0.15) is 4.88 Å². The van der Waals surface area contributed by atoms with E-state index in [1.165, 1.54) is 27.8 Å². The van der Waals surface area contributed by atoms with Gasteiger partial charge in [0.1, 0.15) is 5.82 Å². The fraction of sp³-hybridized carbons (Fsp3) is 0.235. The summed E-state index contributed by atoms with van der Waals surface area (Å²) in [7, 11) is -3.87. The molecule has 0 aliphatic carbocycles. The third-order valence-corrected chi connectivity index (χ3v) is 6.29. The van der Waals surface area contributed by atoms with Crippen molar-refractivity contribution in [3.8, 4) is 10.4 Å². The fourth-order valence-electron chi connectivity index (χ4n) is 2.42. The van der Waals surface area contributed by atoms with E-state index < -0.39 is 16.1 Å². The first-order chi connectivity index (χ1) is 12.5. The van der Waals surface area contributed by atoms with Gasteiger partial charge >= 0.3 is 10.2 Å². The van der Waals surface area contributed by atoms with Gasteiger partial charge in [0.05, 0.1) is 13.2 Å². The average Bonchev–Trinajstić information content (AvgIpc) is 3.09. The van der Waals surface area contributed by atoms with Crippen LogP contribution in [0.25, 0.3) is 16.5 Å². The molecule has 2 heterocycles. The highest BCUT2D eigenvalue weighted by Crippen LogP contribution is 2.30. The molecule has 1 amide bonds. The number of carbonyl (C=O) groups is 1. The van der Waals surface area contributed by atoms with Crippen molar-refractivity contribution < 1.29 is 22.3 Å². The van der Waals surface area contributed by atoms with Crippen LogP contribution in [0.2, 0.25) is 0 Å². The van der Waals surface area contributed by atoms with Crippen LogP contribution in [0.4, 0.5) is 4.39 Å². The van der Waals surface area contributed by atoms with E-state index in [1.807, 2.05) is 4.72 Å². The monoisotopic (exact) mass is 396 g/mol. The number of morpholine rings is 1. The molecular weight excluding hydrogens is 379 g/mol. The van der Waals surface area contributed by atoms with Crippen molar-refractivity contribution >= 4 is 33.5 Å². The third kappa shape index (κ3) is 4.55. The molecule has 0 unspecified atom stereocenters. The van der Waals surface area contributed by atoms with Gasteiger partial charge in [-0.05, 0) is 24.3 Å². The van der Waals surface area contributed by atoms with Crippen LogP contribution in [0.3, 0.4) is 0 Å². The molecule has 26 heavy (non-hydrogen) atoms. The summed E-state index contributed by atoms with van der Waals surface area (Å²) in [6.07, 6.45) is 2.65. The van der Waals surface area contributed by atoms with E-state index in [1.54, 1.807) is 30.3 Å². The SMILES string of the molecule is O=C(C=Cc1ccc(-c2ccccc2F)s1)NS(=O)(=O)N1CCOCC1. The molecule has 6 nitrogen and oxygen atoms in total. The molecule has 1 aromatic carbocycles. The second-order valence-electron chi connectivity index (χ2n) is 5.50. The maximum absolute atomic E-state index is 13.8. The normalized spacial score (nSPS) is 16.0. The van der Waals surface area contributed by atoms with E-state index in [9.17, 15) is 17.6 Å². The number of amides is 1. The summed E-state index contributed by atoms with van der Waals surface area (Å²) in [5.74, 6) is -1.06. The fourth-order valence-corrected chi connectivity index (χ4v) is 4.44. The van der Waals surface area contributed by atoms with E-state index in [-0.39, 0.29) is 18.9 Å². The number of hydrogen-bond donors (Lipinski definition) is 1. The number of nitrogens with zero attached hydrogens (tertiary/aromatic N) is 1. The van der Waals surface area contributed by atoms with Crippen LogP contribution in [0, 0.1) is 5.82 Å². The summed E-state index contributed by atoms with van der Waals surface area (Å²) in [4.78, 5) is 13.4. The first-order valence-electron chi connectivity index (χ1n) is 7.88. The van der Waals surface area contributed by atoms with Crippen molar-refractivity contribution in [1.29, 1.82) is 0 Å². The highest BCUT2D eigenvalue weighted by atomic mass is 32.2. The van der Waals surface area contributed by atoms with Gasteiger partial charge in [-0.3, -0.25) is 4.79 Å². The van der Waals surface area contributed by atoms with Gasteiger partial charge in [0.25, 0.3) is 5.91 Å². The Morgan fingerprint density at radius 2 is 1.92 bits per heavy atom. The first-order valence-corrected chi connectivity index (χ1v) is 10.1. The molecule has 138 valence electrons. The number of benzene rings is 1. The molecule has 3 rings (SSSR count). The standard InChI is InChI=1S/C17H17FN2O4S2/c18-15-4-2-1-3-14(15)16-7-5-13(25-16)6-8-17(21)19-26(22,23)20-9-11-24-12-10-20/h1-8H,9-12H2,(H,19,21). The summed E-state index contributed by atoms with van der Waals surface area (Å²) in [6, 6.07) is 9.92. The molecule has 1 aromatic heterocycles. The van der Waals surface area contributed by atoms with E-state index >= 15 is 0 Å². The zero-order valence-corrected chi connectivity index (χ0v) is 15.4. The van der Waals surface area contributed by atoms with Gasteiger partial charge in [0.15, 0.2) is 0 Å². The summed E-state index contributed by atoms with van der Waals surface area (Å²) in [5, 5.41) is 0. The number of thiophene rings is 1. The van der Waals surface area contributed by atoms with Gasteiger partial charge in [-0.1, -0.05) is 18.2 Å². The highest BCUT2D eigenvalue weighted by Gasteiger charge is 2.25. The van der Waals surface area contributed by atoms with Crippen molar-refractivity contribution in [2.45, 2.75) is 0 Å². The molecular formula is C17H17FN2O4S2. The summed E-state index contributed by atoms with van der Waals surface area (Å²) in [6.45, 7) is 1.03. The third-order valence-electron chi connectivity index (χ3n) is 3.70. The maximum atomic E-state index is 13.8. The first kappa shape index (κ1) is 18.7. The molecule has 9 heteroatoms. The van der Waals surface area contributed by atoms with Gasteiger partial charge < -0.3 is 4.74 Å². The van der Waals surface area contributed by atoms with Gasteiger partial charge in [-0.15, -0.1) is 11.3 Å². The number of halogens is 1. The molecule has 0 atom stereocenters. The second kappa shape index (κ2) is 8.09. The van der Waals surface area contributed by atoms with Crippen LogP contribution in [-0.2, 0) is 19.7 Å². The highest BCUT2D eigenvalue weighted by molar-refractivity contribution is 7.87. The maximum Gasteiger partial charge on any atom is 0.304 e. The van der Waals surface area contributed by atoms with Crippen LogP contribution in [0.5, 0.6) is 0 Å². The Labute approximate surface area is 155 Å². The number of hydrogen-bond acceptors (Lipinski definition) is 5. The zero-order valence-electron chi connectivity index (χ0n) is 13.7. The Hall–Kier alpha value is -2.07. The zero-order chi connectivity index (χ0) is 18.6. The number of nitrogens with one attached hydrogen (secondary N) is 1. The molecule has 1 fully saturated rings. The molecule has 0 spiro atoms. The minimum absolute atomic E-state index is 0.212. The van der Waals surface area contributed by atoms with E-state index in [0.717, 1.165) is 11.0 Å². The van der Waals surface area contributed by atoms with Crippen molar-refractivity contribution in [3.05, 3.63) is 53.2 Å². The Morgan fingerprint density at radius 1 is 1.19 bits per heavy atom. The van der Waals surface area contributed by atoms with Crippen LogP contribution >= 0.6 is 11.3 Å². The second-order valence-corrected chi connectivity index (χ2v) is 8.28.